The molecule has 22 heavy (non-hydrogen) atoms. The Bertz CT molecular complexity index is 867. The number of hydrogen-bond donors (Lipinski definition) is 1. The average Bonchev–Trinajstić information content (AvgIpc) is 2.89. The van der Waals surface area contributed by atoms with E-state index >= 15 is 0 Å². The highest BCUT2D eigenvalue weighted by Gasteiger charge is 2.19. The molecule has 0 spiro atoms. The van der Waals surface area contributed by atoms with Crippen LogP contribution in [0.1, 0.15) is 17.4 Å². The number of anilines is 1. The fourth-order valence-electron chi connectivity index (χ4n) is 1.92. The highest BCUT2D eigenvalue weighted by atomic mass is 32.2. The van der Waals surface area contributed by atoms with E-state index in [2.05, 4.69) is 4.72 Å². The van der Waals surface area contributed by atoms with Gasteiger partial charge in [0.15, 0.2) is 9.84 Å². The number of para-hydroxylation sites is 1. The fraction of sp³-hybridized carbons (Fsp3) is 0.286. The summed E-state index contributed by atoms with van der Waals surface area (Å²) in [7, 11) is -6.96. The molecule has 0 saturated heterocycles. The number of aryl methyl sites for hydroxylation is 1. The average molecular weight is 359 g/mol. The van der Waals surface area contributed by atoms with Crippen LogP contribution in [-0.4, -0.2) is 23.1 Å². The second-order valence-electron chi connectivity index (χ2n) is 4.91. The predicted octanol–water partition coefficient (Wildman–Crippen LogP) is 2.66. The number of thiophene rings is 1. The molecule has 0 fully saturated rings. The van der Waals surface area contributed by atoms with Crippen LogP contribution in [0.25, 0.3) is 0 Å². The normalized spacial score (nSPS) is 12.3. The quantitative estimate of drug-likeness (QED) is 0.860. The molecule has 1 aromatic heterocycles. The first kappa shape index (κ1) is 17.0. The molecule has 5 nitrogen and oxygen atoms in total. The molecule has 1 N–H and O–H groups in total. The van der Waals surface area contributed by atoms with Crippen molar-refractivity contribution >= 4 is 36.9 Å². The summed E-state index contributed by atoms with van der Waals surface area (Å²) in [5.41, 5.74) is 0.722. The highest BCUT2D eigenvalue weighted by molar-refractivity contribution is 7.94. The van der Waals surface area contributed by atoms with Crippen molar-refractivity contribution in [3.63, 3.8) is 0 Å². The molecule has 0 amide bonds. The van der Waals surface area contributed by atoms with Crippen molar-refractivity contribution in [2.24, 2.45) is 0 Å². The van der Waals surface area contributed by atoms with E-state index in [0.717, 1.165) is 17.6 Å². The molecule has 0 atom stereocenters. The molecule has 2 rings (SSSR count). The molecule has 120 valence electrons. The third kappa shape index (κ3) is 4.31. The monoisotopic (exact) mass is 359 g/mol. The van der Waals surface area contributed by atoms with Gasteiger partial charge in [0.1, 0.15) is 4.21 Å². The van der Waals surface area contributed by atoms with Crippen molar-refractivity contribution in [1.82, 2.24) is 0 Å². The maximum atomic E-state index is 12.4. The van der Waals surface area contributed by atoms with Gasteiger partial charge in [0.2, 0.25) is 0 Å². The molecule has 0 saturated carbocycles. The van der Waals surface area contributed by atoms with Gasteiger partial charge >= 0.3 is 0 Å². The standard InChI is InChI=1S/C14H17NO4S3/c1-3-12-8-9-14(20-12)22(18,19)15-13-7-5-4-6-11(13)10-21(2,16)17/h4-9,15H,3,10H2,1-2H3. The summed E-state index contributed by atoms with van der Waals surface area (Å²) in [5, 5.41) is 0. The third-order valence-corrected chi connectivity index (χ3v) is 6.85. The first-order chi connectivity index (χ1) is 10.2. The van der Waals surface area contributed by atoms with E-state index in [1.165, 1.54) is 11.3 Å². The topological polar surface area (TPSA) is 80.3 Å². The van der Waals surface area contributed by atoms with Crippen LogP contribution in [0.4, 0.5) is 5.69 Å². The predicted molar refractivity (Wildman–Crippen MR) is 89.5 cm³/mol. The molecule has 0 aliphatic heterocycles. The lowest BCUT2D eigenvalue weighted by atomic mass is 10.2. The SMILES string of the molecule is CCc1ccc(S(=O)(=O)Nc2ccccc2CS(C)(=O)=O)s1. The Morgan fingerprint density at radius 2 is 1.73 bits per heavy atom. The summed E-state index contributed by atoms with van der Waals surface area (Å²) in [6.45, 7) is 1.96. The van der Waals surface area contributed by atoms with Crippen LogP contribution in [0.5, 0.6) is 0 Å². The number of nitrogens with one attached hydrogen (secondary N) is 1. The van der Waals surface area contributed by atoms with E-state index in [0.29, 0.717) is 11.3 Å². The Hall–Kier alpha value is -1.38. The van der Waals surface area contributed by atoms with Gasteiger partial charge in [-0.1, -0.05) is 25.1 Å². The Kier molecular flexibility index (Phi) is 4.93. The first-order valence-corrected chi connectivity index (χ1v) is 10.9. The molecule has 0 unspecified atom stereocenters. The van der Waals surface area contributed by atoms with Gasteiger partial charge in [-0.05, 0) is 30.2 Å². The minimum absolute atomic E-state index is 0.212. The minimum Gasteiger partial charge on any atom is -0.279 e. The number of rotatable bonds is 6. The third-order valence-electron chi connectivity index (χ3n) is 2.93. The van der Waals surface area contributed by atoms with Crippen molar-refractivity contribution in [2.45, 2.75) is 23.3 Å². The molecule has 0 aliphatic rings. The van der Waals surface area contributed by atoms with Crippen LogP contribution in [0, 0.1) is 0 Å². The molecule has 1 heterocycles. The zero-order chi connectivity index (χ0) is 16.4. The lowest BCUT2D eigenvalue weighted by Gasteiger charge is -2.11. The van der Waals surface area contributed by atoms with Gasteiger partial charge in [0, 0.05) is 11.1 Å². The van der Waals surface area contributed by atoms with Crippen molar-refractivity contribution in [1.29, 1.82) is 0 Å². The molecule has 2 aromatic rings. The second-order valence-corrected chi connectivity index (χ2v) is 10.1. The number of benzene rings is 1. The Morgan fingerprint density at radius 3 is 2.32 bits per heavy atom. The van der Waals surface area contributed by atoms with E-state index in [4.69, 9.17) is 0 Å². The van der Waals surface area contributed by atoms with Crippen LogP contribution in [0.3, 0.4) is 0 Å². The zero-order valence-electron chi connectivity index (χ0n) is 12.2. The first-order valence-electron chi connectivity index (χ1n) is 6.58. The maximum Gasteiger partial charge on any atom is 0.271 e. The van der Waals surface area contributed by atoms with Crippen molar-refractivity contribution < 1.29 is 16.8 Å². The maximum absolute atomic E-state index is 12.4. The number of sulfone groups is 1. The summed E-state index contributed by atoms with van der Waals surface area (Å²) < 4.78 is 50.4. The van der Waals surface area contributed by atoms with Gasteiger partial charge in [-0.2, -0.15) is 0 Å². The van der Waals surface area contributed by atoms with Crippen LogP contribution < -0.4 is 4.72 Å². The molecule has 8 heteroatoms. The zero-order valence-corrected chi connectivity index (χ0v) is 14.7. The van der Waals surface area contributed by atoms with E-state index in [9.17, 15) is 16.8 Å². The molecular weight excluding hydrogens is 342 g/mol. The Balaban J connectivity index is 2.34. The Morgan fingerprint density at radius 1 is 1.05 bits per heavy atom. The number of hydrogen-bond acceptors (Lipinski definition) is 5. The van der Waals surface area contributed by atoms with E-state index in [1.54, 1.807) is 36.4 Å². The van der Waals surface area contributed by atoms with E-state index < -0.39 is 19.9 Å². The molecule has 0 radical (unpaired) electrons. The van der Waals surface area contributed by atoms with Crippen molar-refractivity contribution in [3.05, 3.63) is 46.8 Å². The van der Waals surface area contributed by atoms with Gasteiger partial charge in [-0.25, -0.2) is 16.8 Å². The van der Waals surface area contributed by atoms with Crippen LogP contribution in [-0.2, 0) is 32.0 Å². The van der Waals surface area contributed by atoms with E-state index in [1.807, 2.05) is 6.92 Å². The second kappa shape index (κ2) is 6.39. The summed E-state index contributed by atoms with van der Waals surface area (Å²) in [6, 6.07) is 9.85. The summed E-state index contributed by atoms with van der Waals surface area (Å²) >= 11 is 1.21. The van der Waals surface area contributed by atoms with Crippen LogP contribution >= 0.6 is 11.3 Å². The molecule has 0 aliphatic carbocycles. The molecule has 1 aromatic carbocycles. The van der Waals surface area contributed by atoms with Gasteiger partial charge < -0.3 is 0 Å². The lowest BCUT2D eigenvalue weighted by molar-refractivity contribution is 0.599. The van der Waals surface area contributed by atoms with Crippen molar-refractivity contribution in [3.8, 4) is 0 Å². The van der Waals surface area contributed by atoms with Gasteiger partial charge in [0.05, 0.1) is 11.4 Å². The minimum atomic E-state index is -3.71. The smallest absolute Gasteiger partial charge is 0.271 e. The van der Waals surface area contributed by atoms with Crippen molar-refractivity contribution in [2.75, 3.05) is 11.0 Å². The van der Waals surface area contributed by atoms with Gasteiger partial charge in [-0.15, -0.1) is 11.3 Å². The molecule has 0 bridgehead atoms. The summed E-state index contributed by atoms with van der Waals surface area (Å²) in [5.74, 6) is -0.212. The largest absolute Gasteiger partial charge is 0.279 e. The summed E-state index contributed by atoms with van der Waals surface area (Å²) in [6.07, 6.45) is 1.88. The fourth-order valence-corrected chi connectivity index (χ4v) is 5.13. The van der Waals surface area contributed by atoms with Gasteiger partial charge in [0.25, 0.3) is 10.0 Å². The van der Waals surface area contributed by atoms with E-state index in [-0.39, 0.29) is 9.96 Å². The van der Waals surface area contributed by atoms with Crippen LogP contribution in [0.2, 0.25) is 0 Å². The highest BCUT2D eigenvalue weighted by Crippen LogP contribution is 2.26. The lowest BCUT2D eigenvalue weighted by Crippen LogP contribution is -2.14. The van der Waals surface area contributed by atoms with Crippen LogP contribution in [0.15, 0.2) is 40.6 Å². The number of sulfonamides is 1. The summed E-state index contributed by atoms with van der Waals surface area (Å²) in [4.78, 5) is 0.977. The van der Waals surface area contributed by atoms with Gasteiger partial charge in [-0.3, -0.25) is 4.72 Å². The Labute approximate surface area is 135 Å². The molecular formula is C14H17NO4S3.